The second kappa shape index (κ2) is 6.23. The number of imide groups is 1. The molecule has 1 fully saturated rings. The molecule has 0 spiro atoms. The molecule has 27 heavy (non-hydrogen) atoms. The molecule has 6 heteroatoms. The van der Waals surface area contributed by atoms with Gasteiger partial charge in [-0.1, -0.05) is 48.5 Å². The van der Waals surface area contributed by atoms with Crippen LogP contribution in [0.25, 0.3) is 0 Å². The lowest BCUT2D eigenvalue weighted by Gasteiger charge is -2.25. The summed E-state index contributed by atoms with van der Waals surface area (Å²) < 4.78 is 0. The molecule has 0 bridgehead atoms. The van der Waals surface area contributed by atoms with Gasteiger partial charge in [0.2, 0.25) is 5.91 Å². The lowest BCUT2D eigenvalue weighted by molar-refractivity contribution is -0.134. The summed E-state index contributed by atoms with van der Waals surface area (Å²) in [6.45, 7) is 3.37. The maximum atomic E-state index is 13.0. The van der Waals surface area contributed by atoms with E-state index < -0.39 is 17.5 Å². The van der Waals surface area contributed by atoms with Crippen molar-refractivity contribution < 1.29 is 14.4 Å². The Morgan fingerprint density at radius 2 is 1.78 bits per heavy atom. The summed E-state index contributed by atoms with van der Waals surface area (Å²) in [5.74, 6) is -0.666. The number of benzene rings is 2. The molecule has 4 rings (SSSR count). The van der Waals surface area contributed by atoms with Crippen LogP contribution >= 0.6 is 0 Å². The number of nitrogens with zero attached hydrogens (tertiary/aromatic N) is 2. The van der Waals surface area contributed by atoms with E-state index in [0.29, 0.717) is 5.56 Å². The average molecular weight is 363 g/mol. The lowest BCUT2D eigenvalue weighted by Crippen LogP contribution is -2.46. The Morgan fingerprint density at radius 3 is 2.52 bits per heavy atom. The minimum absolute atomic E-state index is 0.00354. The van der Waals surface area contributed by atoms with Gasteiger partial charge in [0.25, 0.3) is 5.91 Å². The van der Waals surface area contributed by atoms with Crippen molar-refractivity contribution in [3.8, 4) is 0 Å². The highest BCUT2D eigenvalue weighted by molar-refractivity contribution is 6.10. The Balaban J connectivity index is 1.57. The topological polar surface area (TPSA) is 69.7 Å². The van der Waals surface area contributed by atoms with E-state index in [4.69, 9.17) is 0 Å². The molecule has 0 radical (unpaired) electrons. The summed E-state index contributed by atoms with van der Waals surface area (Å²) in [4.78, 5) is 41.1. The first-order valence-electron chi connectivity index (χ1n) is 9.01. The van der Waals surface area contributed by atoms with Gasteiger partial charge in [0.15, 0.2) is 0 Å². The monoisotopic (exact) mass is 363 g/mol. The van der Waals surface area contributed by atoms with Crippen LogP contribution in [0.3, 0.4) is 0 Å². The number of rotatable bonds is 3. The van der Waals surface area contributed by atoms with Crippen molar-refractivity contribution in [3.63, 3.8) is 0 Å². The maximum absolute atomic E-state index is 13.0. The van der Waals surface area contributed by atoms with E-state index in [1.807, 2.05) is 49.4 Å². The number of urea groups is 1. The molecule has 4 amide bonds. The van der Waals surface area contributed by atoms with Crippen molar-refractivity contribution >= 4 is 23.5 Å². The zero-order valence-corrected chi connectivity index (χ0v) is 15.3. The molecule has 6 nitrogen and oxygen atoms in total. The third-order valence-corrected chi connectivity index (χ3v) is 5.40. The second-order valence-corrected chi connectivity index (χ2v) is 7.26. The molecule has 1 N–H and O–H groups in total. The van der Waals surface area contributed by atoms with Gasteiger partial charge in [0.1, 0.15) is 12.1 Å². The van der Waals surface area contributed by atoms with Crippen LogP contribution in [-0.4, -0.2) is 35.3 Å². The molecule has 0 unspecified atom stereocenters. The first kappa shape index (κ1) is 17.3. The van der Waals surface area contributed by atoms with Crippen molar-refractivity contribution in [1.29, 1.82) is 0 Å². The average Bonchev–Trinajstić information content (AvgIpc) is 3.11. The molecular formula is C21H21N3O3. The number of carbonyl (C=O) groups excluding carboxylic acids is 3. The largest absolute Gasteiger partial charge is 0.325 e. The normalized spacial score (nSPS) is 24.1. The van der Waals surface area contributed by atoms with Crippen LogP contribution in [0.1, 0.15) is 25.0 Å². The number of para-hydroxylation sites is 1. The first-order valence-corrected chi connectivity index (χ1v) is 9.01. The molecular weight excluding hydrogens is 342 g/mol. The zero-order valence-electron chi connectivity index (χ0n) is 15.3. The van der Waals surface area contributed by atoms with E-state index in [-0.39, 0.29) is 18.5 Å². The molecule has 2 heterocycles. The summed E-state index contributed by atoms with van der Waals surface area (Å²) in [6.07, 6.45) is 0.768. The zero-order chi connectivity index (χ0) is 19.2. The first-order chi connectivity index (χ1) is 12.9. The molecule has 2 aromatic rings. The van der Waals surface area contributed by atoms with Gasteiger partial charge in [-0.2, -0.15) is 0 Å². The third-order valence-electron chi connectivity index (χ3n) is 5.40. The Morgan fingerprint density at radius 1 is 1.11 bits per heavy atom. The van der Waals surface area contributed by atoms with Crippen LogP contribution in [0.2, 0.25) is 0 Å². The van der Waals surface area contributed by atoms with Crippen LogP contribution in [0.4, 0.5) is 10.5 Å². The van der Waals surface area contributed by atoms with E-state index >= 15 is 0 Å². The van der Waals surface area contributed by atoms with Crippen molar-refractivity contribution in [2.45, 2.75) is 31.8 Å². The van der Waals surface area contributed by atoms with Gasteiger partial charge in [-0.25, -0.2) is 4.79 Å². The van der Waals surface area contributed by atoms with Crippen LogP contribution in [-0.2, 0) is 21.5 Å². The van der Waals surface area contributed by atoms with Gasteiger partial charge in [0.05, 0.1) is 0 Å². The van der Waals surface area contributed by atoms with Crippen LogP contribution < -0.4 is 10.2 Å². The highest BCUT2D eigenvalue weighted by Crippen LogP contribution is 2.33. The Kier molecular flexibility index (Phi) is 3.98. The van der Waals surface area contributed by atoms with Gasteiger partial charge >= 0.3 is 6.03 Å². The van der Waals surface area contributed by atoms with Crippen LogP contribution in [0, 0.1) is 0 Å². The minimum Gasteiger partial charge on any atom is -0.319 e. The summed E-state index contributed by atoms with van der Waals surface area (Å²) in [6, 6.07) is 16.3. The smallest absolute Gasteiger partial charge is 0.319 e. The Hall–Kier alpha value is -3.15. The van der Waals surface area contributed by atoms with Gasteiger partial charge < -0.3 is 10.2 Å². The standard InChI is InChI=1S/C21H21N3O3/c1-14-12-15-8-6-7-11-17(15)24(14)18(25)13-23-19(26)21(2,22-20(23)27)16-9-4-3-5-10-16/h3-11,14H,12-13H2,1-2H3,(H,22,27)/t14-,21+/m1/s1. The predicted octanol–water partition coefficient (Wildman–Crippen LogP) is 2.43. The minimum atomic E-state index is -1.16. The predicted molar refractivity (Wildman–Crippen MR) is 101 cm³/mol. The fourth-order valence-electron chi connectivity index (χ4n) is 3.96. The second-order valence-electron chi connectivity index (χ2n) is 7.26. The van der Waals surface area contributed by atoms with Crippen LogP contribution in [0.15, 0.2) is 54.6 Å². The van der Waals surface area contributed by atoms with E-state index in [2.05, 4.69) is 5.32 Å². The summed E-state index contributed by atoms with van der Waals surface area (Å²) >= 11 is 0. The SMILES string of the molecule is C[C@@H]1Cc2ccccc2N1C(=O)CN1C(=O)N[C@@](C)(c2ccccc2)C1=O. The van der Waals surface area contributed by atoms with E-state index in [1.165, 1.54) is 0 Å². The Bertz CT molecular complexity index is 927. The van der Waals surface area contributed by atoms with Crippen molar-refractivity contribution in [3.05, 3.63) is 65.7 Å². The number of hydrogen-bond donors (Lipinski definition) is 1. The van der Waals surface area contributed by atoms with E-state index in [1.54, 1.807) is 24.0 Å². The quantitative estimate of drug-likeness (QED) is 0.852. The number of nitrogens with one attached hydrogen (secondary N) is 1. The van der Waals surface area contributed by atoms with Gasteiger partial charge in [0, 0.05) is 11.7 Å². The number of amides is 4. The highest BCUT2D eigenvalue weighted by Gasteiger charge is 2.50. The highest BCUT2D eigenvalue weighted by atomic mass is 16.2. The third kappa shape index (κ3) is 2.68. The molecule has 0 aliphatic carbocycles. The molecule has 0 aromatic heterocycles. The summed E-state index contributed by atoms with van der Waals surface area (Å²) in [5.41, 5.74) is 1.49. The molecule has 0 saturated carbocycles. The number of fused-ring (bicyclic) bond motifs is 1. The maximum Gasteiger partial charge on any atom is 0.325 e. The lowest BCUT2D eigenvalue weighted by atomic mass is 9.92. The summed E-state index contributed by atoms with van der Waals surface area (Å²) in [5, 5.41) is 2.74. The van der Waals surface area contributed by atoms with Crippen molar-refractivity contribution in [1.82, 2.24) is 10.2 Å². The number of anilines is 1. The van der Waals surface area contributed by atoms with Crippen molar-refractivity contribution in [2.75, 3.05) is 11.4 Å². The van der Waals surface area contributed by atoms with Gasteiger partial charge in [-0.05, 0) is 37.5 Å². The fraction of sp³-hybridized carbons (Fsp3) is 0.286. The molecule has 2 atom stereocenters. The van der Waals surface area contributed by atoms with Gasteiger partial charge in [-0.15, -0.1) is 0 Å². The van der Waals surface area contributed by atoms with Crippen LogP contribution in [0.5, 0.6) is 0 Å². The molecule has 2 aromatic carbocycles. The summed E-state index contributed by atoms with van der Waals surface area (Å²) in [7, 11) is 0. The molecule has 2 aliphatic heterocycles. The van der Waals surface area contributed by atoms with E-state index in [9.17, 15) is 14.4 Å². The Labute approximate surface area is 157 Å². The molecule has 138 valence electrons. The number of carbonyl (C=O) groups is 3. The fourth-order valence-corrected chi connectivity index (χ4v) is 3.96. The molecule has 1 saturated heterocycles. The molecule has 2 aliphatic rings. The van der Waals surface area contributed by atoms with Gasteiger partial charge in [-0.3, -0.25) is 14.5 Å². The van der Waals surface area contributed by atoms with Crippen molar-refractivity contribution in [2.24, 2.45) is 0 Å². The van der Waals surface area contributed by atoms with E-state index in [0.717, 1.165) is 22.6 Å². The number of hydrogen-bond acceptors (Lipinski definition) is 3.